The van der Waals surface area contributed by atoms with Crippen LogP contribution in [0, 0.1) is 5.82 Å². The van der Waals surface area contributed by atoms with Gasteiger partial charge >= 0.3 is 0 Å². The molecule has 0 fully saturated rings. The second kappa shape index (κ2) is 32.0. The average Bonchev–Trinajstić information content (AvgIpc) is 1.60. The fourth-order valence-electron chi connectivity index (χ4n) is 12.1. The quantitative estimate of drug-likeness (QED) is 0.00706. The van der Waals surface area contributed by atoms with Crippen molar-refractivity contribution in [3.8, 4) is 0 Å². The molecule has 4 aromatic carbocycles. The first-order valence-corrected chi connectivity index (χ1v) is 36.6. The molecule has 0 unspecified atom stereocenters. The Bertz CT molecular complexity index is 3940. The lowest BCUT2D eigenvalue weighted by atomic mass is 9.78. The summed E-state index contributed by atoms with van der Waals surface area (Å²) >= 11 is 0. The number of hydrogen-bond donors (Lipinski definition) is 5. The van der Waals surface area contributed by atoms with E-state index in [0.717, 1.165) is 56.9 Å². The van der Waals surface area contributed by atoms with Gasteiger partial charge in [0.2, 0.25) is 11.6 Å². The van der Waals surface area contributed by atoms with Crippen LogP contribution in [0.25, 0.3) is 26.8 Å². The van der Waals surface area contributed by atoms with Crippen molar-refractivity contribution >= 4 is 85.5 Å². The molecule has 91 heavy (non-hydrogen) atoms. The number of fused-ring (bicyclic) bond motifs is 4. The zero-order chi connectivity index (χ0) is 66.2. The third-order valence-electron chi connectivity index (χ3n) is 16.4. The summed E-state index contributed by atoms with van der Waals surface area (Å²) in [7, 11) is -17.5. The molecular formula is C63H83FN7O16S4+. The summed E-state index contributed by atoms with van der Waals surface area (Å²) in [6, 6.07) is 20.4. The number of amides is 1. The lowest BCUT2D eigenvalue weighted by molar-refractivity contribution is -0.438. The summed E-state index contributed by atoms with van der Waals surface area (Å²) in [6.07, 6.45) is 12.3. The number of hydrogen-bond acceptors (Lipinski definition) is 15. The SMILES string of the molecule is CC1(C)C(/C=C/C2=C(c3ccccc3F)C(=C/C=C3/N(CCCS(=O)(=O)O)c4ccc(N(CCCS(=O)(=O)O)CCCS(=O)(=O)O)cc4C3(C)C)/CCC2)=[N+](CCCCCC(=O)NCCOCCOCCOCCN=[N+]=[N-])c2ccc3cc(S(=O)(=O)O)ccc3c21. The number of unbranched alkanes of at least 4 members (excludes halogenated alkanes) is 2. The molecule has 7 rings (SSSR count). The maximum absolute atomic E-state index is 16.4. The zero-order valence-corrected chi connectivity index (χ0v) is 55.1. The number of carbonyl (C=O) groups is 1. The van der Waals surface area contributed by atoms with E-state index >= 15 is 4.39 Å². The summed E-state index contributed by atoms with van der Waals surface area (Å²) in [5, 5.41) is 7.73. The van der Waals surface area contributed by atoms with Gasteiger partial charge in [-0.25, -0.2) is 4.39 Å². The van der Waals surface area contributed by atoms with Gasteiger partial charge in [-0.05, 0) is 152 Å². The van der Waals surface area contributed by atoms with E-state index in [-0.39, 0.29) is 56.2 Å². The molecule has 2 aliphatic heterocycles. The Hall–Kier alpha value is -6.40. The Morgan fingerprint density at radius 3 is 2.07 bits per heavy atom. The molecule has 0 radical (unpaired) electrons. The Labute approximate surface area is 533 Å². The predicted octanol–water partition coefficient (Wildman–Crippen LogP) is 10.1. The highest BCUT2D eigenvalue weighted by molar-refractivity contribution is 7.86. The fraction of sp³-hybridized carbons (Fsp3) is 0.492. The van der Waals surface area contributed by atoms with Crippen LogP contribution in [0.3, 0.4) is 0 Å². The van der Waals surface area contributed by atoms with Crippen molar-refractivity contribution in [1.82, 2.24) is 5.32 Å². The van der Waals surface area contributed by atoms with E-state index in [0.29, 0.717) is 113 Å². The molecule has 2 heterocycles. The van der Waals surface area contributed by atoms with Crippen molar-refractivity contribution in [3.63, 3.8) is 0 Å². The molecule has 0 bridgehead atoms. The molecule has 1 amide bonds. The van der Waals surface area contributed by atoms with Crippen molar-refractivity contribution in [1.29, 1.82) is 0 Å². The van der Waals surface area contributed by atoms with Gasteiger partial charge in [-0.2, -0.15) is 38.2 Å². The summed E-state index contributed by atoms with van der Waals surface area (Å²) < 4.78 is 169. The topological polar surface area (TPSA) is 333 Å². The Kier molecular flexibility index (Phi) is 25.3. The highest BCUT2D eigenvalue weighted by Crippen LogP contribution is 2.50. The van der Waals surface area contributed by atoms with E-state index in [1.807, 2.05) is 61.2 Å². The molecule has 496 valence electrons. The van der Waals surface area contributed by atoms with Gasteiger partial charge in [-0.3, -0.25) is 23.0 Å². The standard InChI is InChI=1S/C63H82FN7O16S4/c1-62(2)53-45-49(69(31-11-41-88(73,74)75)32-12-42-89(76,77)78)22-26-55(53)70(34-13-43-90(79,80)81)57(62)27-20-46-14-10-15-47(60(46)52-16-7-8-17-54(52)64)21-28-58-63(3,4)61-51-24-23-50(91(82,83)84)44-48(51)19-25-56(61)71(58)33-9-5-6-18-59(72)66-29-35-85-37-39-87-40-38-86-36-30-67-68-65/h7-8,16-17,19-28,44-45H,5-6,9-15,18,29-43H2,1-4H3,(H4-,66,72,73,74,75,76,77,78,79,80,81,82,83,84)/p+1. The van der Waals surface area contributed by atoms with Crippen LogP contribution < -0.4 is 15.1 Å². The zero-order valence-electron chi connectivity index (χ0n) is 51.8. The minimum absolute atomic E-state index is 0.00756. The molecule has 0 saturated carbocycles. The normalized spacial score (nSPS) is 16.7. The van der Waals surface area contributed by atoms with Crippen LogP contribution in [0.5, 0.6) is 0 Å². The van der Waals surface area contributed by atoms with Gasteiger partial charge in [0.1, 0.15) is 12.4 Å². The number of ether oxygens (including phenoxy) is 3. The van der Waals surface area contributed by atoms with Gasteiger partial charge < -0.3 is 29.3 Å². The average molecular weight is 1340 g/mol. The minimum atomic E-state index is -4.50. The minimum Gasteiger partial charge on any atom is -0.379 e. The third kappa shape index (κ3) is 20.3. The van der Waals surface area contributed by atoms with E-state index in [1.54, 1.807) is 35.2 Å². The molecule has 23 nitrogen and oxygen atoms in total. The summed E-state index contributed by atoms with van der Waals surface area (Å²) in [4.78, 5) is 19.1. The van der Waals surface area contributed by atoms with E-state index in [9.17, 15) is 56.7 Å². The lowest BCUT2D eigenvalue weighted by Gasteiger charge is -2.28. The molecule has 0 spiro atoms. The van der Waals surface area contributed by atoms with Crippen molar-refractivity contribution in [2.45, 2.75) is 108 Å². The van der Waals surface area contributed by atoms with Crippen molar-refractivity contribution in [2.75, 3.05) is 106 Å². The van der Waals surface area contributed by atoms with Crippen LogP contribution in [0.4, 0.5) is 21.5 Å². The second-order valence-electron chi connectivity index (χ2n) is 23.6. The van der Waals surface area contributed by atoms with Crippen LogP contribution in [-0.4, -0.2) is 164 Å². The van der Waals surface area contributed by atoms with Gasteiger partial charge in [0, 0.05) is 96.2 Å². The molecular weight excluding hydrogens is 1260 g/mol. The van der Waals surface area contributed by atoms with Crippen LogP contribution in [0.2, 0.25) is 0 Å². The van der Waals surface area contributed by atoms with Crippen molar-refractivity contribution in [3.05, 3.63) is 147 Å². The highest BCUT2D eigenvalue weighted by atomic mass is 32.2. The second-order valence-corrected chi connectivity index (χ2v) is 29.8. The van der Waals surface area contributed by atoms with E-state index < -0.39 is 74.4 Å². The van der Waals surface area contributed by atoms with E-state index in [1.165, 1.54) is 18.2 Å². The Morgan fingerprint density at radius 1 is 0.747 bits per heavy atom. The smallest absolute Gasteiger partial charge is 0.294 e. The third-order valence-corrected chi connectivity index (χ3v) is 19.6. The molecule has 5 N–H and O–H groups in total. The number of azide groups is 1. The largest absolute Gasteiger partial charge is 0.379 e. The Morgan fingerprint density at radius 2 is 1.41 bits per heavy atom. The molecule has 0 atom stereocenters. The lowest BCUT2D eigenvalue weighted by Crippen LogP contribution is -2.29. The molecule has 4 aromatic rings. The van der Waals surface area contributed by atoms with Gasteiger partial charge in [-0.15, -0.1) is 0 Å². The maximum Gasteiger partial charge on any atom is 0.294 e. The summed E-state index contributed by atoms with van der Waals surface area (Å²) in [6.45, 7) is 11.8. The monoisotopic (exact) mass is 1340 g/mol. The number of benzene rings is 4. The van der Waals surface area contributed by atoms with Gasteiger partial charge in [0.25, 0.3) is 40.5 Å². The molecule has 1 aliphatic carbocycles. The Balaban J connectivity index is 1.19. The van der Waals surface area contributed by atoms with Crippen LogP contribution in [0.15, 0.2) is 124 Å². The number of carbonyl (C=O) groups excluding carboxylic acids is 1. The van der Waals surface area contributed by atoms with Crippen LogP contribution in [0.1, 0.15) is 109 Å². The maximum atomic E-state index is 16.4. The summed E-state index contributed by atoms with van der Waals surface area (Å²) in [5.41, 5.74) is 15.3. The number of nitrogens with zero attached hydrogens (tertiary/aromatic N) is 6. The molecule has 0 aromatic heterocycles. The highest BCUT2D eigenvalue weighted by Gasteiger charge is 2.46. The number of nitrogens with one attached hydrogen (secondary N) is 1. The molecule has 0 saturated heterocycles. The van der Waals surface area contributed by atoms with Crippen LogP contribution >= 0.6 is 0 Å². The first-order chi connectivity index (χ1) is 43.0. The number of anilines is 2. The van der Waals surface area contributed by atoms with Crippen molar-refractivity contribution in [2.24, 2.45) is 5.11 Å². The first kappa shape index (κ1) is 72.0. The van der Waals surface area contributed by atoms with E-state index in [2.05, 4.69) is 39.8 Å². The number of halogens is 1. The molecule has 3 aliphatic rings. The first-order valence-electron chi connectivity index (χ1n) is 30.3. The summed E-state index contributed by atoms with van der Waals surface area (Å²) in [5.74, 6) is -2.13. The van der Waals surface area contributed by atoms with Gasteiger partial charge in [0.15, 0.2) is 5.71 Å². The fourth-order valence-corrected chi connectivity index (χ4v) is 14.1. The van der Waals surface area contributed by atoms with E-state index in [4.69, 9.17) is 19.7 Å². The number of rotatable bonds is 36. The van der Waals surface area contributed by atoms with Crippen molar-refractivity contribution < 1.29 is 79.9 Å². The van der Waals surface area contributed by atoms with Crippen LogP contribution in [-0.2, 0) is 70.3 Å². The van der Waals surface area contributed by atoms with Gasteiger partial charge in [0.05, 0.1) is 67.2 Å². The van der Waals surface area contributed by atoms with Gasteiger partial charge in [-0.1, -0.05) is 55.4 Å². The predicted molar refractivity (Wildman–Crippen MR) is 349 cm³/mol. The number of allylic oxidation sites excluding steroid dienone is 8. The molecule has 28 heteroatoms.